The maximum Gasteiger partial charge on any atom is 0.338 e. The van der Waals surface area contributed by atoms with Gasteiger partial charge >= 0.3 is 5.97 Å². The van der Waals surface area contributed by atoms with Crippen LogP contribution in [0.25, 0.3) is 0 Å². The minimum atomic E-state index is -0.955. The zero-order valence-electron chi connectivity index (χ0n) is 17.2. The first-order valence-corrected chi connectivity index (χ1v) is 9.63. The molecule has 0 aromatic heterocycles. The number of fused-ring (bicyclic) bond motifs is 1. The number of hydrogen-bond donors (Lipinski definition) is 1. The lowest BCUT2D eigenvalue weighted by molar-refractivity contribution is -0.129. The van der Waals surface area contributed by atoms with Crippen molar-refractivity contribution in [2.24, 2.45) is 0 Å². The summed E-state index contributed by atoms with van der Waals surface area (Å²) in [5, 5.41) is 2.75. The number of hydrogen-bond acceptors (Lipinski definition) is 7. The van der Waals surface area contributed by atoms with Crippen LogP contribution in [-0.2, 0) is 27.4 Å². The van der Waals surface area contributed by atoms with Gasteiger partial charge < -0.3 is 29.0 Å². The van der Waals surface area contributed by atoms with E-state index < -0.39 is 18.0 Å². The van der Waals surface area contributed by atoms with Gasteiger partial charge in [-0.1, -0.05) is 6.07 Å². The van der Waals surface area contributed by atoms with E-state index in [9.17, 15) is 9.59 Å². The van der Waals surface area contributed by atoms with Crippen LogP contribution < -0.4 is 19.5 Å². The standard InChI is InChI=1S/C22H25NO7/c1-4-27-12-17-10-16(6-8-18(17)26-3)22(25)30-14(2)21(24)23-11-15-5-7-19-20(9-15)29-13-28-19/h5-10,14H,4,11-13H2,1-3H3,(H,23,24)/t14-/m1/s1. The smallest absolute Gasteiger partial charge is 0.338 e. The molecule has 1 aliphatic heterocycles. The lowest BCUT2D eigenvalue weighted by Gasteiger charge is -2.15. The fourth-order valence-corrected chi connectivity index (χ4v) is 2.90. The Kier molecular flexibility index (Phi) is 7.13. The summed E-state index contributed by atoms with van der Waals surface area (Å²) in [6, 6.07) is 10.3. The number of carbonyl (C=O) groups excluding carboxylic acids is 2. The maximum atomic E-state index is 12.5. The van der Waals surface area contributed by atoms with E-state index >= 15 is 0 Å². The molecule has 8 nitrogen and oxygen atoms in total. The summed E-state index contributed by atoms with van der Waals surface area (Å²) >= 11 is 0. The van der Waals surface area contributed by atoms with Crippen molar-refractivity contribution in [3.05, 3.63) is 53.1 Å². The minimum Gasteiger partial charge on any atom is -0.496 e. The van der Waals surface area contributed by atoms with Crippen LogP contribution in [0.15, 0.2) is 36.4 Å². The number of carbonyl (C=O) groups is 2. The first kappa shape index (κ1) is 21.4. The van der Waals surface area contributed by atoms with Gasteiger partial charge in [0.05, 0.1) is 19.3 Å². The Morgan fingerprint density at radius 3 is 2.70 bits per heavy atom. The van der Waals surface area contributed by atoms with Crippen LogP contribution in [0.5, 0.6) is 17.2 Å². The quantitative estimate of drug-likeness (QED) is 0.630. The molecule has 2 aromatic carbocycles. The molecule has 1 atom stereocenters. The van der Waals surface area contributed by atoms with E-state index in [1.165, 1.54) is 6.92 Å². The normalized spacial score (nSPS) is 12.9. The molecule has 3 rings (SSSR count). The molecule has 0 bridgehead atoms. The number of rotatable bonds is 9. The second kappa shape index (κ2) is 9.98. The molecule has 0 unspecified atom stereocenters. The Hall–Kier alpha value is -3.26. The Balaban J connectivity index is 1.56. The fraction of sp³-hybridized carbons (Fsp3) is 0.364. The van der Waals surface area contributed by atoms with Crippen LogP contribution in [0.4, 0.5) is 0 Å². The van der Waals surface area contributed by atoms with Crippen molar-refractivity contribution < 1.29 is 33.3 Å². The molecule has 0 spiro atoms. The van der Waals surface area contributed by atoms with E-state index in [2.05, 4.69) is 5.32 Å². The summed E-state index contributed by atoms with van der Waals surface area (Å²) in [5.41, 5.74) is 1.90. The van der Waals surface area contributed by atoms with Gasteiger partial charge in [0.2, 0.25) is 6.79 Å². The highest BCUT2D eigenvalue weighted by Gasteiger charge is 2.20. The summed E-state index contributed by atoms with van der Waals surface area (Å²) in [5.74, 6) is 0.943. The predicted molar refractivity (Wildman–Crippen MR) is 108 cm³/mol. The van der Waals surface area contributed by atoms with E-state index in [1.54, 1.807) is 37.4 Å². The molecule has 8 heteroatoms. The van der Waals surface area contributed by atoms with E-state index in [0.717, 1.165) is 11.1 Å². The van der Waals surface area contributed by atoms with Gasteiger partial charge in [-0.3, -0.25) is 4.79 Å². The van der Waals surface area contributed by atoms with Crippen molar-refractivity contribution >= 4 is 11.9 Å². The number of benzene rings is 2. The SMILES string of the molecule is CCOCc1cc(C(=O)O[C@H](C)C(=O)NCc2ccc3c(c2)OCO3)ccc1OC. The van der Waals surface area contributed by atoms with Gasteiger partial charge in [-0.05, 0) is 49.7 Å². The molecule has 160 valence electrons. The van der Waals surface area contributed by atoms with Crippen molar-refractivity contribution in [1.29, 1.82) is 0 Å². The number of amides is 1. The van der Waals surface area contributed by atoms with Crippen LogP contribution in [0.1, 0.15) is 35.3 Å². The molecule has 1 aliphatic rings. The van der Waals surface area contributed by atoms with Gasteiger partial charge in [0, 0.05) is 18.7 Å². The zero-order valence-corrected chi connectivity index (χ0v) is 17.2. The van der Waals surface area contributed by atoms with Gasteiger partial charge in [-0.15, -0.1) is 0 Å². The van der Waals surface area contributed by atoms with Gasteiger partial charge in [-0.2, -0.15) is 0 Å². The Bertz CT molecular complexity index is 912. The topological polar surface area (TPSA) is 92.3 Å². The molecule has 30 heavy (non-hydrogen) atoms. The van der Waals surface area contributed by atoms with E-state index in [4.69, 9.17) is 23.7 Å². The Morgan fingerprint density at radius 1 is 1.13 bits per heavy atom. The molecule has 1 heterocycles. The van der Waals surface area contributed by atoms with Crippen LogP contribution in [0.3, 0.4) is 0 Å². The van der Waals surface area contributed by atoms with Crippen LogP contribution in [0, 0.1) is 0 Å². The number of ether oxygens (including phenoxy) is 5. The summed E-state index contributed by atoms with van der Waals surface area (Å²) in [6.45, 7) is 4.73. The van der Waals surface area contributed by atoms with Crippen molar-refractivity contribution in [3.8, 4) is 17.2 Å². The van der Waals surface area contributed by atoms with Crippen LogP contribution in [0.2, 0.25) is 0 Å². The summed E-state index contributed by atoms with van der Waals surface area (Å²) in [6.07, 6.45) is -0.955. The highest BCUT2D eigenvalue weighted by Crippen LogP contribution is 2.32. The highest BCUT2D eigenvalue weighted by molar-refractivity contribution is 5.92. The molecule has 0 fully saturated rings. The number of esters is 1. The lowest BCUT2D eigenvalue weighted by Crippen LogP contribution is -2.35. The molecule has 0 radical (unpaired) electrons. The fourth-order valence-electron chi connectivity index (χ4n) is 2.90. The van der Waals surface area contributed by atoms with Gasteiger partial charge in [0.25, 0.3) is 5.91 Å². The molecule has 1 N–H and O–H groups in total. The summed E-state index contributed by atoms with van der Waals surface area (Å²) < 4.78 is 26.6. The third-order valence-corrected chi connectivity index (χ3v) is 4.53. The van der Waals surface area contributed by atoms with Crippen molar-refractivity contribution in [2.45, 2.75) is 33.1 Å². The van der Waals surface area contributed by atoms with Crippen molar-refractivity contribution in [1.82, 2.24) is 5.32 Å². The largest absolute Gasteiger partial charge is 0.496 e. The monoisotopic (exact) mass is 415 g/mol. The van der Waals surface area contributed by atoms with Crippen molar-refractivity contribution in [3.63, 3.8) is 0 Å². The lowest BCUT2D eigenvalue weighted by atomic mass is 10.1. The third kappa shape index (κ3) is 5.21. The van der Waals surface area contributed by atoms with Crippen LogP contribution >= 0.6 is 0 Å². The predicted octanol–water partition coefficient (Wildman–Crippen LogP) is 2.82. The molecule has 0 saturated carbocycles. The Morgan fingerprint density at radius 2 is 1.93 bits per heavy atom. The molecule has 2 aromatic rings. The summed E-state index contributed by atoms with van der Waals surface area (Å²) in [4.78, 5) is 24.8. The highest BCUT2D eigenvalue weighted by atomic mass is 16.7. The molecule has 0 saturated heterocycles. The second-order valence-corrected chi connectivity index (χ2v) is 6.62. The minimum absolute atomic E-state index is 0.190. The van der Waals surface area contributed by atoms with Crippen LogP contribution in [-0.4, -0.2) is 38.5 Å². The van der Waals surface area contributed by atoms with E-state index in [1.807, 2.05) is 13.0 Å². The second-order valence-electron chi connectivity index (χ2n) is 6.62. The van der Waals surface area contributed by atoms with E-state index in [-0.39, 0.29) is 13.3 Å². The number of nitrogens with one attached hydrogen (secondary N) is 1. The third-order valence-electron chi connectivity index (χ3n) is 4.53. The van der Waals surface area contributed by atoms with Gasteiger partial charge in [0.1, 0.15) is 5.75 Å². The maximum absolute atomic E-state index is 12.5. The van der Waals surface area contributed by atoms with Crippen molar-refractivity contribution in [2.75, 3.05) is 20.5 Å². The first-order chi connectivity index (χ1) is 14.5. The molecular weight excluding hydrogens is 390 g/mol. The molecule has 1 amide bonds. The van der Waals surface area contributed by atoms with Gasteiger partial charge in [0.15, 0.2) is 17.6 Å². The molecule has 0 aliphatic carbocycles. The number of methoxy groups -OCH3 is 1. The molecular formula is C22H25NO7. The average molecular weight is 415 g/mol. The zero-order chi connectivity index (χ0) is 21.5. The van der Waals surface area contributed by atoms with E-state index in [0.29, 0.717) is 36.0 Å². The first-order valence-electron chi connectivity index (χ1n) is 9.63. The summed E-state index contributed by atoms with van der Waals surface area (Å²) in [7, 11) is 1.55. The Labute approximate surface area is 175 Å². The average Bonchev–Trinajstić information content (AvgIpc) is 3.23. The van der Waals surface area contributed by atoms with Gasteiger partial charge in [-0.25, -0.2) is 4.79 Å².